The minimum Gasteiger partial charge on any atom is -0.343 e. The Morgan fingerprint density at radius 1 is 1.18 bits per heavy atom. The van der Waals surface area contributed by atoms with E-state index in [0.717, 1.165) is 12.8 Å². The first-order chi connectivity index (χ1) is 7.68. The molecule has 17 heavy (non-hydrogen) atoms. The second-order valence-electron chi connectivity index (χ2n) is 5.50. The van der Waals surface area contributed by atoms with Crippen molar-refractivity contribution in [3.8, 4) is 0 Å². The Kier molecular flexibility index (Phi) is 5.74. The fourth-order valence-electron chi connectivity index (χ4n) is 2.84. The normalized spacial score (nSPS) is 29.1. The molecule has 2 aliphatic carbocycles. The molecule has 0 aromatic carbocycles. The monoisotopic (exact) mass is 260 g/mol. The predicted octanol–water partition coefficient (Wildman–Crippen LogP) is 2.33. The van der Waals surface area contributed by atoms with Crippen LogP contribution < -0.4 is 5.73 Å². The molecule has 0 heterocycles. The topological polar surface area (TPSA) is 46.3 Å². The third-order valence-corrected chi connectivity index (χ3v) is 4.42. The Morgan fingerprint density at radius 3 is 2.35 bits per heavy atom. The molecular formula is C13H25ClN2O. The minimum absolute atomic E-state index is 0. The number of hydrogen-bond acceptors (Lipinski definition) is 2. The van der Waals surface area contributed by atoms with Crippen LogP contribution in [0.4, 0.5) is 0 Å². The molecule has 2 atom stereocenters. The quantitative estimate of drug-likeness (QED) is 0.847. The summed E-state index contributed by atoms with van der Waals surface area (Å²) in [6.45, 7) is 0. The van der Waals surface area contributed by atoms with Crippen molar-refractivity contribution in [3.63, 3.8) is 0 Å². The van der Waals surface area contributed by atoms with Crippen molar-refractivity contribution in [1.29, 1.82) is 0 Å². The van der Waals surface area contributed by atoms with Crippen molar-refractivity contribution in [2.75, 3.05) is 7.05 Å². The zero-order valence-corrected chi connectivity index (χ0v) is 11.5. The number of hydrogen-bond donors (Lipinski definition) is 1. The largest absolute Gasteiger partial charge is 0.343 e. The van der Waals surface area contributed by atoms with E-state index in [9.17, 15) is 4.79 Å². The van der Waals surface area contributed by atoms with Gasteiger partial charge in [-0.2, -0.15) is 0 Å². The van der Waals surface area contributed by atoms with E-state index in [1.165, 1.54) is 32.1 Å². The zero-order chi connectivity index (χ0) is 11.5. The smallest absolute Gasteiger partial charge is 0.222 e. The highest BCUT2D eigenvalue weighted by Gasteiger charge is 2.29. The number of amides is 1. The van der Waals surface area contributed by atoms with Crippen LogP contribution in [0.1, 0.15) is 51.4 Å². The number of carbonyl (C=O) groups is 1. The van der Waals surface area contributed by atoms with Gasteiger partial charge in [0.1, 0.15) is 0 Å². The first-order valence-electron chi connectivity index (χ1n) is 6.69. The molecule has 2 saturated carbocycles. The Hall–Kier alpha value is -0.280. The van der Waals surface area contributed by atoms with Crippen LogP contribution in [0.2, 0.25) is 0 Å². The average molecular weight is 261 g/mol. The van der Waals surface area contributed by atoms with Gasteiger partial charge in [-0.1, -0.05) is 12.8 Å². The van der Waals surface area contributed by atoms with Gasteiger partial charge >= 0.3 is 0 Å². The van der Waals surface area contributed by atoms with Gasteiger partial charge in [-0.3, -0.25) is 4.79 Å². The summed E-state index contributed by atoms with van der Waals surface area (Å²) < 4.78 is 0. The maximum absolute atomic E-state index is 12.1. The summed E-state index contributed by atoms with van der Waals surface area (Å²) in [6.07, 6.45) is 9.08. The molecule has 3 nitrogen and oxygen atoms in total. The second kappa shape index (κ2) is 6.60. The van der Waals surface area contributed by atoms with Crippen molar-refractivity contribution >= 4 is 18.3 Å². The summed E-state index contributed by atoms with van der Waals surface area (Å²) in [7, 11) is 1.96. The molecule has 0 saturated heterocycles. The van der Waals surface area contributed by atoms with E-state index in [-0.39, 0.29) is 18.4 Å². The molecular weight excluding hydrogens is 236 g/mol. The standard InChI is InChI=1S/C13H24N2O.ClH/c1-15(11-6-4-7-11)13(16)9-10-5-2-3-8-12(10)14;/h10-12H,2-9,14H2,1H3;1H. The van der Waals surface area contributed by atoms with Crippen LogP contribution in [0.3, 0.4) is 0 Å². The molecule has 100 valence electrons. The lowest BCUT2D eigenvalue weighted by Crippen LogP contribution is -2.44. The van der Waals surface area contributed by atoms with Crippen molar-refractivity contribution in [2.45, 2.75) is 63.5 Å². The lowest BCUT2D eigenvalue weighted by molar-refractivity contribution is -0.134. The molecule has 2 unspecified atom stereocenters. The molecule has 0 aliphatic heterocycles. The van der Waals surface area contributed by atoms with E-state index >= 15 is 0 Å². The molecule has 2 rings (SSSR count). The second-order valence-corrected chi connectivity index (χ2v) is 5.50. The van der Waals surface area contributed by atoms with Gasteiger partial charge in [-0.25, -0.2) is 0 Å². The molecule has 0 bridgehead atoms. The molecule has 0 aromatic rings. The highest BCUT2D eigenvalue weighted by atomic mass is 35.5. The van der Waals surface area contributed by atoms with E-state index in [1.54, 1.807) is 0 Å². The van der Waals surface area contributed by atoms with Crippen LogP contribution in [-0.4, -0.2) is 29.9 Å². The van der Waals surface area contributed by atoms with Gasteiger partial charge in [0.2, 0.25) is 5.91 Å². The van der Waals surface area contributed by atoms with E-state index in [2.05, 4.69) is 0 Å². The van der Waals surface area contributed by atoms with E-state index in [4.69, 9.17) is 5.73 Å². The number of nitrogens with two attached hydrogens (primary N) is 1. The molecule has 2 fully saturated rings. The number of rotatable bonds is 3. The highest BCUT2D eigenvalue weighted by molar-refractivity contribution is 5.85. The molecule has 0 aromatic heterocycles. The van der Waals surface area contributed by atoms with Gasteiger partial charge in [-0.05, 0) is 38.0 Å². The van der Waals surface area contributed by atoms with Crippen molar-refractivity contribution in [2.24, 2.45) is 11.7 Å². The highest BCUT2D eigenvalue weighted by Crippen LogP contribution is 2.28. The Morgan fingerprint density at radius 2 is 1.82 bits per heavy atom. The maximum atomic E-state index is 12.1. The number of halogens is 1. The fourth-order valence-corrected chi connectivity index (χ4v) is 2.84. The maximum Gasteiger partial charge on any atom is 0.222 e. The lowest BCUT2D eigenvalue weighted by Gasteiger charge is -2.36. The molecule has 1 amide bonds. The van der Waals surface area contributed by atoms with Gasteiger partial charge in [-0.15, -0.1) is 12.4 Å². The molecule has 0 spiro atoms. The summed E-state index contributed by atoms with van der Waals surface area (Å²) in [5.41, 5.74) is 6.08. The van der Waals surface area contributed by atoms with Crippen LogP contribution in [0.25, 0.3) is 0 Å². The van der Waals surface area contributed by atoms with Gasteiger partial charge in [0.25, 0.3) is 0 Å². The van der Waals surface area contributed by atoms with Crippen LogP contribution in [0.5, 0.6) is 0 Å². The van der Waals surface area contributed by atoms with Gasteiger partial charge in [0.15, 0.2) is 0 Å². The molecule has 0 radical (unpaired) electrons. The predicted molar refractivity (Wildman–Crippen MR) is 72.2 cm³/mol. The first kappa shape index (κ1) is 14.8. The van der Waals surface area contributed by atoms with Crippen LogP contribution in [-0.2, 0) is 4.79 Å². The number of carbonyl (C=O) groups excluding carboxylic acids is 1. The van der Waals surface area contributed by atoms with E-state index in [1.807, 2.05) is 11.9 Å². The Labute approximate surface area is 111 Å². The van der Waals surface area contributed by atoms with Crippen LogP contribution >= 0.6 is 12.4 Å². The average Bonchev–Trinajstić information content (AvgIpc) is 2.18. The Bertz CT molecular complexity index is 256. The summed E-state index contributed by atoms with van der Waals surface area (Å²) in [5, 5.41) is 0. The Balaban J connectivity index is 0.00000144. The van der Waals surface area contributed by atoms with Gasteiger partial charge < -0.3 is 10.6 Å². The summed E-state index contributed by atoms with van der Waals surface area (Å²) in [5.74, 6) is 0.746. The molecule has 4 heteroatoms. The van der Waals surface area contributed by atoms with Crippen molar-refractivity contribution < 1.29 is 4.79 Å². The zero-order valence-electron chi connectivity index (χ0n) is 10.7. The third kappa shape index (κ3) is 3.59. The fraction of sp³-hybridized carbons (Fsp3) is 0.923. The minimum atomic E-state index is 0. The first-order valence-corrected chi connectivity index (χ1v) is 6.69. The van der Waals surface area contributed by atoms with Crippen LogP contribution in [0, 0.1) is 5.92 Å². The molecule has 2 aliphatic rings. The number of nitrogens with zero attached hydrogens (tertiary/aromatic N) is 1. The summed E-state index contributed by atoms with van der Waals surface area (Å²) in [4.78, 5) is 14.0. The van der Waals surface area contributed by atoms with Crippen molar-refractivity contribution in [1.82, 2.24) is 4.90 Å². The summed E-state index contributed by atoms with van der Waals surface area (Å²) >= 11 is 0. The van der Waals surface area contributed by atoms with Crippen molar-refractivity contribution in [3.05, 3.63) is 0 Å². The van der Waals surface area contributed by atoms with Crippen LogP contribution in [0.15, 0.2) is 0 Å². The van der Waals surface area contributed by atoms with Gasteiger partial charge in [0.05, 0.1) is 0 Å². The third-order valence-electron chi connectivity index (χ3n) is 4.42. The lowest BCUT2D eigenvalue weighted by atomic mass is 9.82. The van der Waals surface area contributed by atoms with Gasteiger partial charge in [0, 0.05) is 25.6 Å². The molecule has 2 N–H and O–H groups in total. The SMILES string of the molecule is CN(C(=O)CC1CCCCC1N)C1CCC1.Cl. The van der Waals surface area contributed by atoms with E-state index < -0.39 is 0 Å². The summed E-state index contributed by atoms with van der Waals surface area (Å²) in [6, 6.07) is 0.778. The van der Waals surface area contributed by atoms with E-state index in [0.29, 0.717) is 24.3 Å².